The molecule has 2 aromatic rings. The molecule has 0 saturated heterocycles. The number of methoxy groups -OCH3 is 1. The Bertz CT molecular complexity index is 442. The number of rotatable bonds is 1. The highest BCUT2D eigenvalue weighted by Gasteiger charge is 2.01. The quantitative estimate of drug-likeness (QED) is 0.656. The van der Waals surface area contributed by atoms with Crippen molar-refractivity contribution in [3.8, 4) is 5.88 Å². The Morgan fingerprint density at radius 2 is 2.15 bits per heavy atom. The van der Waals surface area contributed by atoms with E-state index >= 15 is 0 Å². The van der Waals surface area contributed by atoms with Crippen LogP contribution in [0.5, 0.6) is 5.88 Å². The summed E-state index contributed by atoms with van der Waals surface area (Å²) in [5.74, 6) is 0.562. The van der Waals surface area contributed by atoms with E-state index in [0.717, 1.165) is 16.5 Å². The van der Waals surface area contributed by atoms with Gasteiger partial charge in [0.2, 0.25) is 5.88 Å². The first-order valence-electron chi connectivity index (χ1n) is 3.93. The van der Waals surface area contributed by atoms with E-state index in [0.29, 0.717) is 5.88 Å². The molecule has 0 aliphatic heterocycles. The monoisotopic (exact) mass is 175 g/mol. The van der Waals surface area contributed by atoms with Gasteiger partial charge in [-0.1, -0.05) is 0 Å². The minimum atomic E-state index is 0.562. The van der Waals surface area contributed by atoms with Gasteiger partial charge in [0, 0.05) is 17.6 Å². The molecule has 0 aliphatic rings. The highest BCUT2D eigenvalue weighted by Crippen LogP contribution is 2.17. The second kappa shape index (κ2) is 2.97. The van der Waals surface area contributed by atoms with Gasteiger partial charge < -0.3 is 4.74 Å². The molecular formula is C9H9N3O. The van der Waals surface area contributed by atoms with Crippen LogP contribution in [0.25, 0.3) is 10.9 Å². The van der Waals surface area contributed by atoms with E-state index in [4.69, 9.17) is 4.74 Å². The van der Waals surface area contributed by atoms with Gasteiger partial charge in [-0.05, 0) is 12.5 Å². The second-order valence-corrected chi connectivity index (χ2v) is 2.77. The summed E-state index contributed by atoms with van der Waals surface area (Å²) in [6.45, 7) is 1.98. The average molecular weight is 175 g/mol. The Labute approximate surface area is 75.6 Å². The van der Waals surface area contributed by atoms with Crippen molar-refractivity contribution in [1.29, 1.82) is 0 Å². The van der Waals surface area contributed by atoms with Crippen molar-refractivity contribution in [1.82, 2.24) is 15.2 Å². The Kier molecular flexibility index (Phi) is 1.81. The molecule has 2 aromatic heterocycles. The van der Waals surface area contributed by atoms with Crippen LogP contribution in [0.4, 0.5) is 0 Å². The fourth-order valence-corrected chi connectivity index (χ4v) is 1.17. The van der Waals surface area contributed by atoms with Crippen molar-refractivity contribution in [3.63, 3.8) is 0 Å². The largest absolute Gasteiger partial charge is 0.481 e. The van der Waals surface area contributed by atoms with Gasteiger partial charge in [0.15, 0.2) is 0 Å². The molecule has 4 heteroatoms. The minimum Gasteiger partial charge on any atom is -0.481 e. The van der Waals surface area contributed by atoms with Crippen LogP contribution in [0.3, 0.4) is 0 Å². The van der Waals surface area contributed by atoms with Crippen LogP contribution >= 0.6 is 0 Å². The molecule has 0 aliphatic carbocycles. The normalized spacial score (nSPS) is 10.3. The number of pyridine rings is 1. The molecule has 0 aromatic carbocycles. The summed E-state index contributed by atoms with van der Waals surface area (Å²) in [7, 11) is 1.58. The Morgan fingerprint density at radius 1 is 1.31 bits per heavy atom. The molecule has 0 bridgehead atoms. The van der Waals surface area contributed by atoms with E-state index in [1.807, 2.05) is 6.92 Å². The number of aromatic nitrogens is 3. The third-order valence-corrected chi connectivity index (χ3v) is 1.91. The Balaban J connectivity index is 2.72. The first-order chi connectivity index (χ1) is 6.31. The summed E-state index contributed by atoms with van der Waals surface area (Å²) in [4.78, 5) is 4.10. The van der Waals surface area contributed by atoms with Gasteiger partial charge in [-0.3, -0.25) is 0 Å². The molecule has 0 atom stereocenters. The number of aryl methyl sites for hydroxylation is 1. The third-order valence-electron chi connectivity index (χ3n) is 1.91. The van der Waals surface area contributed by atoms with Crippen LogP contribution < -0.4 is 4.74 Å². The van der Waals surface area contributed by atoms with Crippen LogP contribution in [0, 0.1) is 6.92 Å². The lowest BCUT2D eigenvalue weighted by atomic mass is 10.2. The topological polar surface area (TPSA) is 47.9 Å². The molecule has 0 saturated carbocycles. The molecule has 2 rings (SSSR count). The molecule has 66 valence electrons. The fraction of sp³-hybridized carbons (Fsp3) is 0.222. The first-order valence-corrected chi connectivity index (χ1v) is 3.93. The van der Waals surface area contributed by atoms with Crippen LogP contribution in [0.1, 0.15) is 5.56 Å². The lowest BCUT2D eigenvalue weighted by Gasteiger charge is -2.01. The van der Waals surface area contributed by atoms with E-state index in [1.54, 1.807) is 25.6 Å². The highest BCUT2D eigenvalue weighted by molar-refractivity contribution is 5.80. The summed E-state index contributed by atoms with van der Waals surface area (Å²) in [5.41, 5.74) is 1.88. The smallest absolute Gasteiger partial charge is 0.215 e. The molecule has 0 unspecified atom stereocenters. The van der Waals surface area contributed by atoms with E-state index < -0.39 is 0 Å². The molecule has 0 fully saturated rings. The van der Waals surface area contributed by atoms with Crippen molar-refractivity contribution in [3.05, 3.63) is 24.0 Å². The van der Waals surface area contributed by atoms with Crippen LogP contribution in [-0.2, 0) is 0 Å². The van der Waals surface area contributed by atoms with Gasteiger partial charge in [-0.15, -0.1) is 0 Å². The Hall–Kier alpha value is -1.71. The maximum absolute atomic E-state index is 4.98. The number of ether oxygens (including phenoxy) is 1. The number of hydrogen-bond acceptors (Lipinski definition) is 4. The van der Waals surface area contributed by atoms with Crippen LogP contribution in [-0.4, -0.2) is 22.3 Å². The molecule has 0 spiro atoms. The number of fused-ring (bicyclic) bond motifs is 1. The summed E-state index contributed by atoms with van der Waals surface area (Å²) < 4.78 is 4.98. The van der Waals surface area contributed by atoms with Gasteiger partial charge in [-0.2, -0.15) is 10.2 Å². The standard InChI is InChI=1S/C9H9N3O/c1-6-4-11-12-8-3-9(13-2)10-5-7(6)8/h3-5H,1-2H3. The van der Waals surface area contributed by atoms with Crippen molar-refractivity contribution in [2.24, 2.45) is 0 Å². The van der Waals surface area contributed by atoms with Gasteiger partial charge in [0.05, 0.1) is 13.3 Å². The third kappa shape index (κ3) is 1.30. The van der Waals surface area contributed by atoms with Crippen molar-refractivity contribution in [2.45, 2.75) is 6.92 Å². The molecule has 0 amide bonds. The SMILES string of the molecule is COc1cc2nncc(C)c2cn1. The number of hydrogen-bond donors (Lipinski definition) is 0. The van der Waals surface area contributed by atoms with Crippen molar-refractivity contribution in [2.75, 3.05) is 7.11 Å². The van der Waals surface area contributed by atoms with Gasteiger partial charge in [0.1, 0.15) is 5.52 Å². The Morgan fingerprint density at radius 3 is 2.92 bits per heavy atom. The summed E-state index contributed by atoms with van der Waals surface area (Å²) >= 11 is 0. The molecular weight excluding hydrogens is 166 g/mol. The summed E-state index contributed by atoms with van der Waals surface area (Å²) in [5, 5.41) is 8.85. The highest BCUT2D eigenvalue weighted by atomic mass is 16.5. The number of nitrogens with zero attached hydrogens (tertiary/aromatic N) is 3. The first kappa shape index (κ1) is 7.91. The van der Waals surface area contributed by atoms with Crippen LogP contribution in [0.15, 0.2) is 18.5 Å². The lowest BCUT2D eigenvalue weighted by Crippen LogP contribution is -1.91. The van der Waals surface area contributed by atoms with Crippen LogP contribution in [0.2, 0.25) is 0 Å². The predicted molar refractivity (Wildman–Crippen MR) is 48.6 cm³/mol. The predicted octanol–water partition coefficient (Wildman–Crippen LogP) is 1.34. The lowest BCUT2D eigenvalue weighted by molar-refractivity contribution is 0.398. The van der Waals surface area contributed by atoms with Gasteiger partial charge in [0.25, 0.3) is 0 Å². The van der Waals surface area contributed by atoms with E-state index in [1.165, 1.54) is 0 Å². The average Bonchev–Trinajstić information content (AvgIpc) is 2.18. The zero-order chi connectivity index (χ0) is 9.26. The molecule has 4 nitrogen and oxygen atoms in total. The van der Waals surface area contributed by atoms with E-state index in [-0.39, 0.29) is 0 Å². The zero-order valence-corrected chi connectivity index (χ0v) is 7.48. The van der Waals surface area contributed by atoms with Gasteiger partial charge in [-0.25, -0.2) is 4.98 Å². The van der Waals surface area contributed by atoms with E-state index in [9.17, 15) is 0 Å². The second-order valence-electron chi connectivity index (χ2n) is 2.77. The fourth-order valence-electron chi connectivity index (χ4n) is 1.17. The maximum Gasteiger partial charge on any atom is 0.215 e. The molecule has 0 radical (unpaired) electrons. The van der Waals surface area contributed by atoms with Gasteiger partial charge >= 0.3 is 0 Å². The van der Waals surface area contributed by atoms with Crippen molar-refractivity contribution >= 4 is 10.9 Å². The molecule has 2 heterocycles. The molecule has 13 heavy (non-hydrogen) atoms. The van der Waals surface area contributed by atoms with E-state index in [2.05, 4.69) is 15.2 Å². The van der Waals surface area contributed by atoms with Crippen molar-refractivity contribution < 1.29 is 4.74 Å². The molecule has 0 N–H and O–H groups in total. The summed E-state index contributed by atoms with van der Waals surface area (Å²) in [6, 6.07) is 1.77. The zero-order valence-electron chi connectivity index (χ0n) is 7.48. The summed E-state index contributed by atoms with van der Waals surface area (Å²) in [6.07, 6.45) is 3.47. The maximum atomic E-state index is 4.98. The minimum absolute atomic E-state index is 0.562.